The lowest BCUT2D eigenvalue weighted by molar-refractivity contribution is 0.632. The number of nitrogens with zero attached hydrogens (tertiary/aromatic N) is 4. The number of anilines is 12. The van der Waals surface area contributed by atoms with E-state index in [1.165, 1.54) is 65.2 Å². The topological polar surface area (TPSA) is 26.1 Å². The summed E-state index contributed by atoms with van der Waals surface area (Å²) in [5.74, 6) is 0. The first-order valence-corrected chi connectivity index (χ1v) is 29.8. The SMILES string of the molecule is CC1(C)c2ccccc2N(c2ccccc2)c2ccc(N(c3ccc(-c4ccc(N(c5ccc6c(c5)C(C)(C)c5ccccc5N6c5ccccc5)c5ccc6sc7ccccc7c6c5)cc4)cc3)c3ccc4oc5ccccc5c4c3)cc21. The maximum atomic E-state index is 6.39. The smallest absolute Gasteiger partial charge is 0.135 e. The molecule has 16 rings (SSSR count). The summed E-state index contributed by atoms with van der Waals surface area (Å²) in [5, 5.41) is 4.74. The molecule has 0 atom stereocenters. The summed E-state index contributed by atoms with van der Waals surface area (Å²) in [6, 6.07) is 102. The molecule has 0 radical (unpaired) electrons. The molecule has 0 N–H and O–H groups in total. The number of rotatable bonds is 9. The molecular formula is C78H58N4OS. The average Bonchev–Trinajstić information content (AvgIpc) is 1.31. The third-order valence-corrected chi connectivity index (χ3v) is 18.9. The van der Waals surface area contributed by atoms with Crippen LogP contribution in [0.1, 0.15) is 49.9 Å². The zero-order valence-corrected chi connectivity index (χ0v) is 48.0. The van der Waals surface area contributed by atoms with Crippen LogP contribution in [0.4, 0.5) is 68.2 Å². The third kappa shape index (κ3) is 7.89. The maximum absolute atomic E-state index is 6.39. The minimum Gasteiger partial charge on any atom is -0.456 e. The molecule has 0 spiro atoms. The number of para-hydroxylation sites is 5. The van der Waals surface area contributed by atoms with E-state index < -0.39 is 0 Å². The standard InChI is InChI=1S/C78H58N4OS/c1-77(2)65-25-13-15-27-69(65)81(53-19-7-5-8-20-53)71-43-39-59(49-67(71)77)79(57-41-45-74-63(47-57)61-23-11-17-29-73(61)83-74)55-35-31-51(32-36-55)52-33-37-56(38-34-52)80(58-42-46-76-64(48-58)62-24-12-18-30-75(62)84-76)60-40-44-72-68(50-60)78(3,4)66-26-14-16-28-70(66)82(72)54-21-9-6-10-22-54/h5-50H,1-4H3. The number of hydrogen-bond donors (Lipinski definition) is 0. The molecule has 0 unspecified atom stereocenters. The van der Waals surface area contributed by atoms with Crippen LogP contribution in [0.3, 0.4) is 0 Å². The average molecular weight is 1100 g/mol. The van der Waals surface area contributed by atoms with Crippen LogP contribution in [0.25, 0.3) is 53.2 Å². The second-order valence-corrected chi connectivity index (χ2v) is 24.4. The molecule has 6 heteroatoms. The molecule has 0 saturated heterocycles. The first-order valence-electron chi connectivity index (χ1n) is 29.0. The van der Waals surface area contributed by atoms with Gasteiger partial charge in [-0.15, -0.1) is 11.3 Å². The van der Waals surface area contributed by atoms with Gasteiger partial charge in [0.1, 0.15) is 11.2 Å². The number of fused-ring (bicyclic) bond motifs is 10. The number of thiophene rings is 1. The second-order valence-electron chi connectivity index (χ2n) is 23.4. The lowest BCUT2D eigenvalue weighted by Gasteiger charge is -2.42. The van der Waals surface area contributed by atoms with Crippen molar-refractivity contribution in [2.24, 2.45) is 0 Å². The number of hydrogen-bond acceptors (Lipinski definition) is 6. The Morgan fingerprint density at radius 1 is 0.298 bits per heavy atom. The summed E-state index contributed by atoms with van der Waals surface area (Å²) < 4.78 is 8.97. The molecule has 0 bridgehead atoms. The fourth-order valence-corrected chi connectivity index (χ4v) is 14.7. The van der Waals surface area contributed by atoms with Crippen molar-refractivity contribution < 1.29 is 4.42 Å². The van der Waals surface area contributed by atoms with Crippen LogP contribution in [0.15, 0.2) is 283 Å². The van der Waals surface area contributed by atoms with Crippen molar-refractivity contribution in [2.45, 2.75) is 38.5 Å². The van der Waals surface area contributed by atoms with Crippen molar-refractivity contribution in [1.82, 2.24) is 0 Å². The lowest BCUT2D eigenvalue weighted by atomic mass is 9.73. The normalized spacial score (nSPS) is 13.9. The molecule has 14 aromatic rings. The van der Waals surface area contributed by atoms with E-state index in [-0.39, 0.29) is 10.8 Å². The van der Waals surface area contributed by atoms with Crippen LogP contribution in [-0.2, 0) is 10.8 Å². The van der Waals surface area contributed by atoms with Gasteiger partial charge in [0, 0.05) is 87.3 Å². The first-order chi connectivity index (χ1) is 41.2. The van der Waals surface area contributed by atoms with Gasteiger partial charge in [-0.25, -0.2) is 0 Å². The van der Waals surface area contributed by atoms with Gasteiger partial charge in [0.15, 0.2) is 0 Å². The van der Waals surface area contributed by atoms with Gasteiger partial charge < -0.3 is 24.0 Å². The van der Waals surface area contributed by atoms with Gasteiger partial charge in [-0.05, 0) is 179 Å². The van der Waals surface area contributed by atoms with Gasteiger partial charge in [0.25, 0.3) is 0 Å². The molecule has 402 valence electrons. The molecule has 5 nitrogen and oxygen atoms in total. The highest BCUT2D eigenvalue weighted by atomic mass is 32.1. The van der Waals surface area contributed by atoms with Gasteiger partial charge in [-0.2, -0.15) is 0 Å². The minimum absolute atomic E-state index is 0.273. The molecule has 0 fully saturated rings. The summed E-state index contributed by atoms with van der Waals surface area (Å²) in [4.78, 5) is 9.70. The highest BCUT2D eigenvalue weighted by Crippen LogP contribution is 2.56. The Morgan fingerprint density at radius 3 is 1.25 bits per heavy atom. The largest absolute Gasteiger partial charge is 0.456 e. The van der Waals surface area contributed by atoms with E-state index in [4.69, 9.17) is 4.42 Å². The van der Waals surface area contributed by atoms with Crippen molar-refractivity contribution in [3.63, 3.8) is 0 Å². The molecule has 4 heterocycles. The van der Waals surface area contributed by atoms with Crippen LogP contribution in [-0.4, -0.2) is 0 Å². The van der Waals surface area contributed by atoms with Gasteiger partial charge in [-0.1, -0.05) is 161 Å². The number of furan rings is 1. The highest BCUT2D eigenvalue weighted by molar-refractivity contribution is 7.25. The summed E-state index contributed by atoms with van der Waals surface area (Å²) in [5.41, 5.74) is 22.2. The fourth-order valence-electron chi connectivity index (χ4n) is 13.6. The Labute approximate surface area is 493 Å². The predicted molar refractivity (Wildman–Crippen MR) is 355 cm³/mol. The van der Waals surface area contributed by atoms with Crippen LogP contribution in [0.5, 0.6) is 0 Å². The quantitative estimate of drug-likeness (QED) is 0.144. The molecule has 2 aliphatic rings. The van der Waals surface area contributed by atoms with Gasteiger partial charge in [0.2, 0.25) is 0 Å². The van der Waals surface area contributed by atoms with Crippen molar-refractivity contribution in [3.05, 3.63) is 301 Å². The van der Waals surface area contributed by atoms with E-state index in [0.717, 1.165) is 78.6 Å². The maximum Gasteiger partial charge on any atom is 0.135 e. The van der Waals surface area contributed by atoms with Crippen molar-refractivity contribution in [3.8, 4) is 11.1 Å². The van der Waals surface area contributed by atoms with E-state index in [0.29, 0.717) is 0 Å². The minimum atomic E-state index is -0.285. The van der Waals surface area contributed by atoms with Crippen molar-refractivity contribution in [2.75, 3.05) is 19.6 Å². The molecule has 12 aromatic carbocycles. The van der Waals surface area contributed by atoms with E-state index >= 15 is 0 Å². The molecular weight excluding hydrogens is 1040 g/mol. The van der Waals surface area contributed by atoms with Crippen LogP contribution in [0, 0.1) is 0 Å². The highest BCUT2D eigenvalue weighted by Gasteiger charge is 2.39. The molecule has 84 heavy (non-hydrogen) atoms. The van der Waals surface area contributed by atoms with Crippen molar-refractivity contribution in [1.29, 1.82) is 0 Å². The second kappa shape index (κ2) is 19.2. The van der Waals surface area contributed by atoms with Crippen molar-refractivity contribution >= 4 is 122 Å². The number of benzene rings is 12. The predicted octanol–water partition coefficient (Wildman–Crippen LogP) is 22.8. The Kier molecular flexibility index (Phi) is 11.4. The third-order valence-electron chi connectivity index (χ3n) is 17.8. The Hall–Kier alpha value is -10.1. The van der Waals surface area contributed by atoms with E-state index in [1.54, 1.807) is 0 Å². The zero-order valence-electron chi connectivity index (χ0n) is 47.2. The monoisotopic (exact) mass is 1100 g/mol. The fraction of sp³-hybridized carbons (Fsp3) is 0.0769. The summed E-state index contributed by atoms with van der Waals surface area (Å²) in [7, 11) is 0. The van der Waals surface area contributed by atoms with Crippen LogP contribution >= 0.6 is 11.3 Å². The Balaban J connectivity index is 0.802. The van der Waals surface area contributed by atoms with Crippen LogP contribution < -0.4 is 19.6 Å². The molecule has 0 aliphatic carbocycles. The van der Waals surface area contributed by atoms with Gasteiger partial charge in [-0.3, -0.25) is 0 Å². The molecule has 0 saturated carbocycles. The first kappa shape index (κ1) is 49.7. The Bertz CT molecular complexity index is 4560. The van der Waals surface area contributed by atoms with Gasteiger partial charge in [0.05, 0.1) is 22.7 Å². The lowest BCUT2D eigenvalue weighted by Crippen LogP contribution is -2.30. The molecule has 2 aliphatic heterocycles. The summed E-state index contributed by atoms with van der Waals surface area (Å²) >= 11 is 1.85. The van der Waals surface area contributed by atoms with Gasteiger partial charge >= 0.3 is 0 Å². The van der Waals surface area contributed by atoms with E-state index in [2.05, 4.69) is 320 Å². The Morgan fingerprint density at radius 2 is 0.690 bits per heavy atom. The summed E-state index contributed by atoms with van der Waals surface area (Å²) in [6.45, 7) is 9.47. The molecule has 0 amide bonds. The van der Waals surface area contributed by atoms with Crippen LogP contribution in [0.2, 0.25) is 0 Å². The van der Waals surface area contributed by atoms with E-state index in [9.17, 15) is 0 Å². The van der Waals surface area contributed by atoms with E-state index in [1.807, 2.05) is 17.4 Å². The molecule has 2 aromatic heterocycles. The summed E-state index contributed by atoms with van der Waals surface area (Å²) in [6.07, 6.45) is 0. The zero-order chi connectivity index (χ0) is 56.3.